The fraction of sp³-hybridized carbons (Fsp3) is 0.636. The summed E-state index contributed by atoms with van der Waals surface area (Å²) in [6.45, 7) is 1.73. The summed E-state index contributed by atoms with van der Waals surface area (Å²) in [5.74, 6) is -2.76. The number of carbonyl (C=O) groups excluding carboxylic acids is 1. The van der Waals surface area contributed by atoms with E-state index in [9.17, 15) is 22.4 Å². The molecule has 7 nitrogen and oxygen atoms in total. The lowest BCUT2D eigenvalue weighted by molar-refractivity contribution is -0.133. The highest BCUT2D eigenvalue weighted by Crippen LogP contribution is 2.35. The highest BCUT2D eigenvalue weighted by molar-refractivity contribution is 5.80. The average molecular weight is 473 g/mol. The second kappa shape index (κ2) is 9.74. The Morgan fingerprint density at radius 3 is 2.36 bits per heavy atom. The Kier molecular flexibility index (Phi) is 6.96. The SMILES string of the molecule is C[C@@H](CO[C@H]1CC[C@H](Oc2nc3c(F)cc(OC4CC4)c(F)c3n2C)CC1)NC(=O)C(F)F. The van der Waals surface area contributed by atoms with Crippen molar-refractivity contribution < 1.29 is 36.6 Å². The molecule has 2 aromatic rings. The van der Waals surface area contributed by atoms with Crippen molar-refractivity contribution in [2.75, 3.05) is 6.61 Å². The van der Waals surface area contributed by atoms with E-state index in [0.29, 0.717) is 25.7 Å². The molecule has 0 aliphatic heterocycles. The second-order valence-electron chi connectivity index (χ2n) is 8.70. The van der Waals surface area contributed by atoms with Crippen molar-refractivity contribution in [3.8, 4) is 11.8 Å². The normalized spacial score (nSPS) is 21.9. The van der Waals surface area contributed by atoms with Crippen LogP contribution in [-0.2, 0) is 16.6 Å². The Bertz CT molecular complexity index is 1000. The minimum Gasteiger partial charge on any atom is -0.487 e. The van der Waals surface area contributed by atoms with Crippen LogP contribution in [0.1, 0.15) is 45.4 Å². The molecule has 1 atom stereocenters. The van der Waals surface area contributed by atoms with E-state index in [4.69, 9.17) is 14.2 Å². The van der Waals surface area contributed by atoms with Crippen LogP contribution in [0.2, 0.25) is 0 Å². The molecule has 1 amide bonds. The average Bonchev–Trinajstić information content (AvgIpc) is 3.53. The molecule has 4 rings (SSSR count). The van der Waals surface area contributed by atoms with E-state index in [1.165, 1.54) is 4.57 Å². The maximum absolute atomic E-state index is 14.9. The number of nitrogens with one attached hydrogen (secondary N) is 1. The van der Waals surface area contributed by atoms with Gasteiger partial charge in [-0.1, -0.05) is 0 Å². The van der Waals surface area contributed by atoms with Crippen LogP contribution in [0.25, 0.3) is 11.0 Å². The number of rotatable bonds is 9. The van der Waals surface area contributed by atoms with Gasteiger partial charge in [-0.05, 0) is 45.4 Å². The first-order valence-electron chi connectivity index (χ1n) is 11.1. The third-order valence-corrected chi connectivity index (χ3v) is 5.84. The zero-order valence-corrected chi connectivity index (χ0v) is 18.5. The van der Waals surface area contributed by atoms with Crippen LogP contribution in [0.5, 0.6) is 11.8 Å². The van der Waals surface area contributed by atoms with Crippen LogP contribution >= 0.6 is 0 Å². The first-order valence-corrected chi connectivity index (χ1v) is 11.1. The van der Waals surface area contributed by atoms with Crippen molar-refractivity contribution in [1.29, 1.82) is 0 Å². The fourth-order valence-corrected chi connectivity index (χ4v) is 3.91. The molecule has 2 aliphatic rings. The number of alkyl halides is 2. The molecule has 0 radical (unpaired) electrons. The molecule has 11 heteroatoms. The molecule has 2 saturated carbocycles. The first-order chi connectivity index (χ1) is 15.7. The van der Waals surface area contributed by atoms with Crippen molar-refractivity contribution in [2.24, 2.45) is 7.05 Å². The van der Waals surface area contributed by atoms with Gasteiger partial charge in [0, 0.05) is 19.2 Å². The molecule has 182 valence electrons. The smallest absolute Gasteiger partial charge is 0.315 e. The van der Waals surface area contributed by atoms with E-state index in [0.717, 1.165) is 18.9 Å². The molecule has 1 heterocycles. The van der Waals surface area contributed by atoms with Crippen LogP contribution in [0.4, 0.5) is 17.6 Å². The molecule has 33 heavy (non-hydrogen) atoms. The lowest BCUT2D eigenvalue weighted by Crippen LogP contribution is -2.40. The Morgan fingerprint density at radius 2 is 1.73 bits per heavy atom. The molecular formula is C22H27F4N3O4. The number of imidazole rings is 1. The van der Waals surface area contributed by atoms with Gasteiger partial charge in [-0.15, -0.1) is 0 Å². The van der Waals surface area contributed by atoms with Gasteiger partial charge in [0.1, 0.15) is 17.1 Å². The van der Waals surface area contributed by atoms with Gasteiger partial charge in [0.25, 0.3) is 11.9 Å². The van der Waals surface area contributed by atoms with E-state index in [-0.39, 0.29) is 47.7 Å². The molecule has 1 aromatic carbocycles. The fourth-order valence-electron chi connectivity index (χ4n) is 3.91. The highest BCUT2D eigenvalue weighted by Gasteiger charge is 2.29. The van der Waals surface area contributed by atoms with Crippen molar-refractivity contribution in [1.82, 2.24) is 14.9 Å². The van der Waals surface area contributed by atoms with Gasteiger partial charge in [-0.25, -0.2) is 8.78 Å². The number of aryl methyl sites for hydroxylation is 1. The number of fused-ring (bicyclic) bond motifs is 1. The summed E-state index contributed by atoms with van der Waals surface area (Å²) in [6, 6.07) is 0.623. The Labute approximate surface area is 188 Å². The van der Waals surface area contributed by atoms with Crippen molar-refractivity contribution in [3.05, 3.63) is 17.7 Å². The lowest BCUT2D eigenvalue weighted by Gasteiger charge is -2.29. The number of carbonyl (C=O) groups is 1. The quantitative estimate of drug-likeness (QED) is 0.560. The summed E-state index contributed by atoms with van der Waals surface area (Å²) in [4.78, 5) is 15.2. The zero-order valence-electron chi connectivity index (χ0n) is 18.5. The Balaban J connectivity index is 1.32. The molecule has 0 bridgehead atoms. The van der Waals surface area contributed by atoms with Crippen molar-refractivity contribution in [3.63, 3.8) is 0 Å². The van der Waals surface area contributed by atoms with E-state index in [1.807, 2.05) is 0 Å². The van der Waals surface area contributed by atoms with Gasteiger partial charge in [-0.3, -0.25) is 9.36 Å². The number of benzene rings is 1. The van der Waals surface area contributed by atoms with Gasteiger partial charge < -0.3 is 19.5 Å². The molecule has 2 fully saturated rings. The summed E-state index contributed by atoms with van der Waals surface area (Å²) < 4.78 is 72.6. The third-order valence-electron chi connectivity index (χ3n) is 5.84. The van der Waals surface area contributed by atoms with E-state index in [2.05, 4.69) is 10.3 Å². The van der Waals surface area contributed by atoms with Gasteiger partial charge in [-0.2, -0.15) is 13.8 Å². The lowest BCUT2D eigenvalue weighted by atomic mass is 9.95. The Hall–Kier alpha value is -2.56. The molecule has 1 N–H and O–H groups in total. The van der Waals surface area contributed by atoms with Crippen LogP contribution in [0.3, 0.4) is 0 Å². The topological polar surface area (TPSA) is 74.6 Å². The van der Waals surface area contributed by atoms with E-state index < -0.39 is 30.0 Å². The summed E-state index contributed by atoms with van der Waals surface area (Å²) >= 11 is 0. The number of ether oxygens (including phenoxy) is 3. The van der Waals surface area contributed by atoms with Crippen LogP contribution in [-0.4, -0.2) is 52.8 Å². The summed E-state index contributed by atoms with van der Waals surface area (Å²) in [5.41, 5.74) is -0.109. The van der Waals surface area contributed by atoms with Crippen molar-refractivity contribution >= 4 is 16.9 Å². The number of hydrogen-bond acceptors (Lipinski definition) is 5. The van der Waals surface area contributed by atoms with Gasteiger partial charge >= 0.3 is 6.43 Å². The number of aromatic nitrogens is 2. The van der Waals surface area contributed by atoms with Crippen LogP contribution < -0.4 is 14.8 Å². The molecule has 2 aliphatic carbocycles. The number of halogens is 4. The number of nitrogens with zero attached hydrogens (tertiary/aromatic N) is 2. The maximum atomic E-state index is 14.9. The molecule has 0 saturated heterocycles. The third kappa shape index (κ3) is 5.51. The van der Waals surface area contributed by atoms with Crippen LogP contribution in [0, 0.1) is 11.6 Å². The largest absolute Gasteiger partial charge is 0.487 e. The van der Waals surface area contributed by atoms with Gasteiger partial charge in [0.15, 0.2) is 17.4 Å². The van der Waals surface area contributed by atoms with Crippen molar-refractivity contribution in [2.45, 2.75) is 76.2 Å². The number of amides is 1. The zero-order chi connectivity index (χ0) is 23.7. The minimum absolute atomic E-state index is 0.00231. The molecular weight excluding hydrogens is 446 g/mol. The predicted molar refractivity (Wildman–Crippen MR) is 111 cm³/mol. The molecule has 0 spiro atoms. The maximum Gasteiger partial charge on any atom is 0.315 e. The summed E-state index contributed by atoms with van der Waals surface area (Å²) in [5, 5.41) is 2.19. The van der Waals surface area contributed by atoms with Gasteiger partial charge in [0.05, 0.1) is 18.8 Å². The Morgan fingerprint density at radius 1 is 1.12 bits per heavy atom. The molecule has 1 aromatic heterocycles. The second-order valence-corrected chi connectivity index (χ2v) is 8.70. The van der Waals surface area contributed by atoms with E-state index in [1.54, 1.807) is 14.0 Å². The number of hydrogen-bond donors (Lipinski definition) is 1. The predicted octanol–water partition coefficient (Wildman–Crippen LogP) is 3.87. The van der Waals surface area contributed by atoms with Gasteiger partial charge in [0.2, 0.25) is 0 Å². The first kappa shape index (κ1) is 23.6. The standard InChI is InChI=1S/C22H27F4N3O4/c1-11(27-21(30)20(25)26)10-31-12-3-5-14(6-4-12)33-22-28-18-15(23)9-16(32-13-7-8-13)17(24)19(18)29(22)2/h9,11-14,20H,3-8,10H2,1-2H3,(H,27,30)/t11-,12-,14-/m0/s1. The summed E-state index contributed by atoms with van der Waals surface area (Å²) in [7, 11) is 1.57. The minimum atomic E-state index is -3.05. The highest BCUT2D eigenvalue weighted by atomic mass is 19.3. The molecule has 0 unspecified atom stereocenters. The summed E-state index contributed by atoms with van der Waals surface area (Å²) in [6.07, 6.45) is 0.821. The van der Waals surface area contributed by atoms with E-state index >= 15 is 0 Å². The van der Waals surface area contributed by atoms with Crippen LogP contribution in [0.15, 0.2) is 6.07 Å². The monoisotopic (exact) mass is 473 g/mol.